The predicted octanol–water partition coefficient (Wildman–Crippen LogP) is 19.9. The molecular weight excluding hydrogens is 865 g/mol. The zero-order valence-corrected chi connectivity index (χ0v) is 46.0. The molecule has 0 aliphatic carbocycles. The zero-order chi connectivity index (χ0) is 50.7. The van der Waals surface area contributed by atoms with Crippen LogP contribution in [0.2, 0.25) is 0 Å². The van der Waals surface area contributed by atoms with Gasteiger partial charge >= 0.3 is 17.9 Å². The van der Waals surface area contributed by atoms with Gasteiger partial charge in [-0.15, -0.1) is 0 Å². The zero-order valence-electron chi connectivity index (χ0n) is 46.0. The standard InChI is InChI=1S/C64H110O6/c1-4-7-10-13-16-19-22-24-25-26-27-28-29-30-31-32-33-34-35-36-37-38-39-40-43-45-48-51-54-57-63(66)69-60-61(59-68-62(65)56-53-50-47-44-41-21-18-15-12-9-6-3)70-64(67)58-55-52-49-46-42-23-20-17-14-11-8-5-2/h7,10,16-17,19-20,24-25,27-28,30-31,33-34,61H,4-6,8-9,11-15,18,21-23,26,29,32,35-60H2,1-3H3/b10-7-,19-16-,20-17-,25-24-,28-27-,31-30-,34-33-. The molecule has 6 nitrogen and oxygen atoms in total. The highest BCUT2D eigenvalue weighted by atomic mass is 16.6. The van der Waals surface area contributed by atoms with E-state index in [1.165, 1.54) is 135 Å². The van der Waals surface area contributed by atoms with Gasteiger partial charge in [-0.3, -0.25) is 14.4 Å². The SMILES string of the molecule is CC/C=C\C/C=C\C/C=C\C/C=C\C/C=C\C/C=C\CCCCCCCCCCCCC(=O)OCC(COC(=O)CCCCCCCCCCCCC)OC(=O)CCCCCCC/C=C\CCCCC. The maximum Gasteiger partial charge on any atom is 0.306 e. The third-order valence-electron chi connectivity index (χ3n) is 12.6. The van der Waals surface area contributed by atoms with Crippen LogP contribution in [0.25, 0.3) is 0 Å². The topological polar surface area (TPSA) is 78.9 Å². The van der Waals surface area contributed by atoms with Crippen molar-refractivity contribution in [2.24, 2.45) is 0 Å². The molecule has 0 heterocycles. The number of ether oxygens (including phenoxy) is 3. The molecule has 0 saturated heterocycles. The molecule has 0 aliphatic rings. The minimum absolute atomic E-state index is 0.0781. The fourth-order valence-electron chi connectivity index (χ4n) is 8.21. The monoisotopic (exact) mass is 975 g/mol. The molecule has 0 fully saturated rings. The second-order valence-corrected chi connectivity index (χ2v) is 19.5. The molecule has 402 valence electrons. The summed E-state index contributed by atoms with van der Waals surface area (Å²) in [6.07, 6.45) is 75.8. The molecule has 0 spiro atoms. The Morgan fingerprint density at radius 3 is 0.914 bits per heavy atom. The Balaban J connectivity index is 4.20. The smallest absolute Gasteiger partial charge is 0.306 e. The van der Waals surface area contributed by atoms with Gasteiger partial charge < -0.3 is 14.2 Å². The minimum atomic E-state index is -0.779. The third kappa shape index (κ3) is 55.5. The molecule has 0 radical (unpaired) electrons. The summed E-state index contributed by atoms with van der Waals surface area (Å²) in [5.41, 5.74) is 0. The molecule has 6 heteroatoms. The van der Waals surface area contributed by atoms with Crippen LogP contribution in [0.4, 0.5) is 0 Å². The maximum atomic E-state index is 12.8. The van der Waals surface area contributed by atoms with Crippen molar-refractivity contribution in [3.05, 3.63) is 85.1 Å². The average molecular weight is 976 g/mol. The van der Waals surface area contributed by atoms with E-state index in [1.54, 1.807) is 0 Å². The molecule has 1 atom stereocenters. The van der Waals surface area contributed by atoms with Crippen molar-refractivity contribution < 1.29 is 28.6 Å². The fraction of sp³-hybridized carbons (Fsp3) is 0.734. The first-order valence-electron chi connectivity index (χ1n) is 29.6. The van der Waals surface area contributed by atoms with E-state index in [0.717, 1.165) is 109 Å². The summed E-state index contributed by atoms with van der Waals surface area (Å²) in [7, 11) is 0. The van der Waals surface area contributed by atoms with E-state index in [0.29, 0.717) is 19.3 Å². The van der Waals surface area contributed by atoms with Gasteiger partial charge in [-0.1, -0.05) is 254 Å². The van der Waals surface area contributed by atoms with Crippen LogP contribution in [0.5, 0.6) is 0 Å². The van der Waals surface area contributed by atoms with Gasteiger partial charge in [0.25, 0.3) is 0 Å². The Morgan fingerprint density at radius 2 is 0.557 bits per heavy atom. The van der Waals surface area contributed by atoms with Gasteiger partial charge in [0, 0.05) is 19.3 Å². The second kappa shape index (κ2) is 58.2. The van der Waals surface area contributed by atoms with Gasteiger partial charge in [0.2, 0.25) is 0 Å². The second-order valence-electron chi connectivity index (χ2n) is 19.5. The van der Waals surface area contributed by atoms with Gasteiger partial charge in [0.05, 0.1) is 0 Å². The van der Waals surface area contributed by atoms with Gasteiger partial charge in [0.15, 0.2) is 6.10 Å². The first kappa shape index (κ1) is 66.6. The molecule has 0 aliphatic heterocycles. The first-order chi connectivity index (χ1) is 34.5. The Labute approximate surface area is 433 Å². The lowest BCUT2D eigenvalue weighted by Crippen LogP contribution is -2.30. The quantitative estimate of drug-likeness (QED) is 0.0261. The molecule has 1 unspecified atom stereocenters. The van der Waals surface area contributed by atoms with Crippen LogP contribution in [0, 0.1) is 0 Å². The van der Waals surface area contributed by atoms with Crippen LogP contribution in [0.15, 0.2) is 85.1 Å². The van der Waals surface area contributed by atoms with Crippen LogP contribution in [0.1, 0.15) is 284 Å². The van der Waals surface area contributed by atoms with Crippen LogP contribution >= 0.6 is 0 Å². The van der Waals surface area contributed by atoms with E-state index in [9.17, 15) is 14.4 Å². The predicted molar refractivity (Wildman–Crippen MR) is 302 cm³/mol. The number of carbonyl (C=O) groups is 3. The summed E-state index contributed by atoms with van der Waals surface area (Å²) in [5.74, 6) is -0.887. The van der Waals surface area contributed by atoms with Crippen molar-refractivity contribution in [1.29, 1.82) is 0 Å². The number of unbranched alkanes of at least 4 members (excludes halogenated alkanes) is 28. The van der Waals surface area contributed by atoms with Crippen molar-refractivity contribution in [2.45, 2.75) is 290 Å². The van der Waals surface area contributed by atoms with Gasteiger partial charge in [-0.2, -0.15) is 0 Å². The van der Waals surface area contributed by atoms with Crippen LogP contribution in [-0.4, -0.2) is 37.2 Å². The number of hydrogen-bond donors (Lipinski definition) is 0. The Kier molecular flexibility index (Phi) is 55.3. The van der Waals surface area contributed by atoms with E-state index in [2.05, 4.69) is 106 Å². The molecule has 0 bridgehead atoms. The normalized spacial score (nSPS) is 12.7. The average Bonchev–Trinajstić information content (AvgIpc) is 3.36. The fourth-order valence-corrected chi connectivity index (χ4v) is 8.21. The highest BCUT2D eigenvalue weighted by Crippen LogP contribution is 2.15. The maximum absolute atomic E-state index is 12.8. The van der Waals surface area contributed by atoms with Crippen LogP contribution in [0.3, 0.4) is 0 Å². The Bertz CT molecular complexity index is 1350. The van der Waals surface area contributed by atoms with Gasteiger partial charge in [-0.05, 0) is 96.3 Å². The highest BCUT2D eigenvalue weighted by Gasteiger charge is 2.19. The molecule has 0 rings (SSSR count). The lowest BCUT2D eigenvalue weighted by molar-refractivity contribution is -0.167. The Hall–Kier alpha value is -3.41. The van der Waals surface area contributed by atoms with Crippen molar-refractivity contribution in [2.75, 3.05) is 13.2 Å². The summed E-state index contributed by atoms with van der Waals surface area (Å²) in [6, 6.07) is 0. The van der Waals surface area contributed by atoms with E-state index in [-0.39, 0.29) is 31.1 Å². The van der Waals surface area contributed by atoms with Crippen molar-refractivity contribution in [3.8, 4) is 0 Å². The minimum Gasteiger partial charge on any atom is -0.462 e. The summed E-state index contributed by atoms with van der Waals surface area (Å²) < 4.78 is 16.8. The summed E-state index contributed by atoms with van der Waals surface area (Å²) in [6.45, 7) is 6.50. The molecule has 0 aromatic rings. The number of carbonyl (C=O) groups excluding carboxylic acids is 3. The Morgan fingerprint density at radius 1 is 0.300 bits per heavy atom. The van der Waals surface area contributed by atoms with Crippen molar-refractivity contribution in [3.63, 3.8) is 0 Å². The number of hydrogen-bond acceptors (Lipinski definition) is 6. The molecule has 0 amide bonds. The van der Waals surface area contributed by atoms with E-state index in [4.69, 9.17) is 14.2 Å². The third-order valence-corrected chi connectivity index (χ3v) is 12.6. The molecule has 0 N–H and O–H groups in total. The molecule has 0 aromatic heterocycles. The van der Waals surface area contributed by atoms with Crippen LogP contribution < -0.4 is 0 Å². The van der Waals surface area contributed by atoms with Gasteiger partial charge in [0.1, 0.15) is 13.2 Å². The molecule has 0 saturated carbocycles. The number of rotatable bonds is 53. The van der Waals surface area contributed by atoms with Crippen molar-refractivity contribution >= 4 is 17.9 Å². The van der Waals surface area contributed by atoms with E-state index in [1.807, 2.05) is 0 Å². The highest BCUT2D eigenvalue weighted by molar-refractivity contribution is 5.71. The molecular formula is C64H110O6. The lowest BCUT2D eigenvalue weighted by atomic mass is 10.1. The van der Waals surface area contributed by atoms with E-state index < -0.39 is 6.10 Å². The molecule has 0 aromatic carbocycles. The largest absolute Gasteiger partial charge is 0.462 e. The summed E-state index contributed by atoms with van der Waals surface area (Å²) in [5, 5.41) is 0. The summed E-state index contributed by atoms with van der Waals surface area (Å²) in [4.78, 5) is 38.1. The number of allylic oxidation sites excluding steroid dienone is 14. The lowest BCUT2D eigenvalue weighted by Gasteiger charge is -2.18. The van der Waals surface area contributed by atoms with E-state index >= 15 is 0 Å². The first-order valence-corrected chi connectivity index (χ1v) is 29.6. The van der Waals surface area contributed by atoms with Crippen molar-refractivity contribution in [1.82, 2.24) is 0 Å². The number of esters is 3. The molecule has 70 heavy (non-hydrogen) atoms. The van der Waals surface area contributed by atoms with Crippen LogP contribution in [-0.2, 0) is 28.6 Å². The van der Waals surface area contributed by atoms with Gasteiger partial charge in [-0.25, -0.2) is 0 Å². The summed E-state index contributed by atoms with van der Waals surface area (Å²) >= 11 is 0.